The molecule has 0 unspecified atom stereocenters. The number of benzene rings is 2. The van der Waals surface area contributed by atoms with Crippen molar-refractivity contribution in [3.05, 3.63) is 69.7 Å². The van der Waals surface area contributed by atoms with Gasteiger partial charge in [0.25, 0.3) is 11.3 Å². The maximum absolute atomic E-state index is 13.1. The summed E-state index contributed by atoms with van der Waals surface area (Å²) in [7, 11) is 1.53. The van der Waals surface area contributed by atoms with Gasteiger partial charge in [-0.3, -0.25) is 14.2 Å². The summed E-state index contributed by atoms with van der Waals surface area (Å²) in [5.41, 5.74) is 2.40. The Hall–Kier alpha value is -3.65. The van der Waals surface area contributed by atoms with Crippen LogP contribution in [0.5, 0.6) is 5.75 Å². The lowest BCUT2D eigenvalue weighted by Crippen LogP contribution is -2.23. The monoisotopic (exact) mass is 452 g/mol. The molecule has 0 aliphatic heterocycles. The fourth-order valence-corrected chi connectivity index (χ4v) is 3.51. The predicted molar refractivity (Wildman–Crippen MR) is 122 cm³/mol. The normalized spacial score (nSPS) is 11.0. The summed E-state index contributed by atoms with van der Waals surface area (Å²) in [4.78, 5) is 29.6. The lowest BCUT2D eigenvalue weighted by atomic mass is 10.1. The molecule has 0 atom stereocenters. The van der Waals surface area contributed by atoms with Crippen LogP contribution >= 0.6 is 11.6 Å². The first-order chi connectivity index (χ1) is 15.5. The first kappa shape index (κ1) is 21.6. The van der Waals surface area contributed by atoms with Crippen LogP contribution in [0, 0.1) is 0 Å². The zero-order valence-electron chi connectivity index (χ0n) is 17.6. The molecule has 8 nitrogen and oxygen atoms in total. The number of nitrogens with one attached hydrogen (secondary N) is 1. The largest absolute Gasteiger partial charge is 0.497 e. The summed E-state index contributed by atoms with van der Waals surface area (Å²) >= 11 is 6.32. The van der Waals surface area contributed by atoms with Crippen LogP contribution in [0.3, 0.4) is 0 Å². The van der Waals surface area contributed by atoms with E-state index in [2.05, 4.69) is 22.4 Å². The average molecular weight is 453 g/mol. The molecule has 32 heavy (non-hydrogen) atoms. The van der Waals surface area contributed by atoms with E-state index < -0.39 is 0 Å². The number of carbonyl (C=O) groups is 1. The maximum Gasteiger partial charge on any atom is 0.266 e. The van der Waals surface area contributed by atoms with Crippen LogP contribution in [0.4, 0.5) is 5.69 Å². The molecule has 9 heteroatoms. The van der Waals surface area contributed by atoms with E-state index in [0.717, 1.165) is 6.42 Å². The summed E-state index contributed by atoms with van der Waals surface area (Å²) in [6.45, 7) is 2.22. The Balaban J connectivity index is 1.56. The molecule has 0 saturated carbocycles. The van der Waals surface area contributed by atoms with Crippen molar-refractivity contribution in [1.29, 1.82) is 0 Å². The van der Waals surface area contributed by atoms with Crippen molar-refractivity contribution in [3.8, 4) is 17.0 Å². The molecule has 4 rings (SSSR count). The van der Waals surface area contributed by atoms with E-state index in [9.17, 15) is 9.59 Å². The van der Waals surface area contributed by atoms with Gasteiger partial charge < -0.3 is 14.6 Å². The minimum absolute atomic E-state index is 0.0978. The van der Waals surface area contributed by atoms with Crippen LogP contribution in [0.1, 0.15) is 18.9 Å². The zero-order valence-corrected chi connectivity index (χ0v) is 18.3. The quantitative estimate of drug-likeness (QED) is 0.448. The second-order valence-electron chi connectivity index (χ2n) is 7.15. The summed E-state index contributed by atoms with van der Waals surface area (Å²) in [6.07, 6.45) is 2.37. The van der Waals surface area contributed by atoms with E-state index >= 15 is 0 Å². The van der Waals surface area contributed by atoms with E-state index in [1.807, 2.05) is 24.3 Å². The molecule has 0 bridgehead atoms. The number of carbonyl (C=O) groups excluding carboxylic acids is 1. The van der Waals surface area contributed by atoms with Gasteiger partial charge in [-0.25, -0.2) is 4.98 Å². The molecule has 0 saturated heterocycles. The molecule has 2 aromatic heterocycles. The van der Waals surface area contributed by atoms with E-state index in [1.165, 1.54) is 23.6 Å². The number of anilines is 1. The van der Waals surface area contributed by atoms with Crippen LogP contribution in [-0.4, -0.2) is 27.7 Å². The smallest absolute Gasteiger partial charge is 0.266 e. The number of methoxy groups -OCH3 is 1. The molecule has 4 aromatic rings. The molecule has 164 valence electrons. The van der Waals surface area contributed by atoms with E-state index in [-0.39, 0.29) is 41.2 Å². The molecule has 1 N–H and O–H groups in total. The molecule has 0 radical (unpaired) electrons. The topological polar surface area (TPSA) is 99.2 Å². The molecule has 0 aliphatic rings. The van der Waals surface area contributed by atoms with E-state index in [0.29, 0.717) is 22.0 Å². The van der Waals surface area contributed by atoms with Crippen molar-refractivity contribution in [2.45, 2.75) is 26.3 Å². The third kappa shape index (κ3) is 4.36. The van der Waals surface area contributed by atoms with Crippen molar-refractivity contribution in [3.63, 3.8) is 0 Å². The van der Waals surface area contributed by atoms with E-state index in [1.54, 1.807) is 18.2 Å². The van der Waals surface area contributed by atoms with Crippen molar-refractivity contribution < 1.29 is 14.1 Å². The second-order valence-corrected chi connectivity index (χ2v) is 7.56. The summed E-state index contributed by atoms with van der Waals surface area (Å²) in [5.74, 6) is 0.357. The number of aryl methyl sites for hydroxylation is 2. The standard InChI is InChI=1S/C23H21ClN4O4/c1-3-14-4-6-15(7-5-14)26-19(29)10-11-28-13-25-22-20(23(28)30)21(27-32-22)17-12-16(31-2)8-9-18(17)24/h4-9,12-13H,3,10-11H2,1-2H3,(H,26,29). The lowest BCUT2D eigenvalue weighted by molar-refractivity contribution is -0.116. The number of ether oxygens (including phenoxy) is 1. The molecular formula is C23H21ClN4O4. The highest BCUT2D eigenvalue weighted by Gasteiger charge is 2.20. The molecule has 2 aromatic carbocycles. The number of hydrogen-bond acceptors (Lipinski definition) is 6. The number of rotatable bonds is 7. The van der Waals surface area contributed by atoms with Crippen LogP contribution in [0.25, 0.3) is 22.4 Å². The Morgan fingerprint density at radius 2 is 2.00 bits per heavy atom. The summed E-state index contributed by atoms with van der Waals surface area (Å²) in [5, 5.41) is 7.42. The zero-order chi connectivity index (χ0) is 22.7. The Morgan fingerprint density at radius 1 is 1.22 bits per heavy atom. The highest BCUT2D eigenvalue weighted by Crippen LogP contribution is 2.33. The van der Waals surface area contributed by atoms with Gasteiger partial charge in [0.15, 0.2) is 0 Å². The lowest BCUT2D eigenvalue weighted by Gasteiger charge is -2.08. The number of hydrogen-bond donors (Lipinski definition) is 1. The van der Waals surface area contributed by atoms with E-state index in [4.69, 9.17) is 20.9 Å². The molecule has 0 aliphatic carbocycles. The van der Waals surface area contributed by atoms with Gasteiger partial charge in [0.2, 0.25) is 5.91 Å². The summed E-state index contributed by atoms with van der Waals surface area (Å²) in [6, 6.07) is 12.7. The number of amides is 1. The van der Waals surface area contributed by atoms with Gasteiger partial charge in [-0.05, 0) is 42.3 Å². The van der Waals surface area contributed by atoms with Gasteiger partial charge in [0.1, 0.15) is 23.2 Å². The minimum atomic E-state index is -0.370. The molecule has 0 spiro atoms. The van der Waals surface area contributed by atoms with Crippen LogP contribution in [0.15, 0.2) is 58.1 Å². The van der Waals surface area contributed by atoms with Crippen molar-refractivity contribution in [2.24, 2.45) is 0 Å². The minimum Gasteiger partial charge on any atom is -0.497 e. The van der Waals surface area contributed by atoms with Gasteiger partial charge in [-0.1, -0.05) is 35.8 Å². The van der Waals surface area contributed by atoms with Crippen LogP contribution < -0.4 is 15.6 Å². The average Bonchev–Trinajstić information content (AvgIpc) is 3.24. The highest BCUT2D eigenvalue weighted by molar-refractivity contribution is 6.33. The Bertz CT molecular complexity index is 1330. The Labute approximate surface area is 188 Å². The number of aromatic nitrogens is 3. The summed E-state index contributed by atoms with van der Waals surface area (Å²) < 4.78 is 11.8. The highest BCUT2D eigenvalue weighted by atomic mass is 35.5. The fraction of sp³-hybridized carbons (Fsp3) is 0.217. The SMILES string of the molecule is CCc1ccc(NC(=O)CCn2cnc3onc(-c4cc(OC)ccc4Cl)c3c2=O)cc1. The van der Waals surface area contributed by atoms with Crippen molar-refractivity contribution in [2.75, 3.05) is 12.4 Å². The first-order valence-electron chi connectivity index (χ1n) is 10.1. The predicted octanol–water partition coefficient (Wildman–Crippen LogP) is 4.30. The third-order valence-corrected chi connectivity index (χ3v) is 5.45. The third-order valence-electron chi connectivity index (χ3n) is 5.12. The number of fused-ring (bicyclic) bond motifs is 1. The molecular weight excluding hydrogens is 432 g/mol. The van der Waals surface area contributed by atoms with Crippen molar-refractivity contribution >= 4 is 34.3 Å². The number of nitrogens with zero attached hydrogens (tertiary/aromatic N) is 3. The van der Waals surface area contributed by atoms with Crippen molar-refractivity contribution in [1.82, 2.24) is 14.7 Å². The second kappa shape index (κ2) is 9.23. The van der Waals surface area contributed by atoms with Gasteiger partial charge in [-0.15, -0.1) is 0 Å². The maximum atomic E-state index is 13.1. The fourth-order valence-electron chi connectivity index (χ4n) is 3.31. The molecule has 1 amide bonds. The van der Waals surface area contributed by atoms with Gasteiger partial charge in [0.05, 0.1) is 12.1 Å². The van der Waals surface area contributed by atoms with Crippen LogP contribution in [0.2, 0.25) is 5.02 Å². The van der Waals surface area contributed by atoms with Gasteiger partial charge in [0, 0.05) is 24.2 Å². The molecule has 2 heterocycles. The number of halogens is 1. The van der Waals surface area contributed by atoms with Gasteiger partial charge >= 0.3 is 0 Å². The Morgan fingerprint density at radius 3 is 2.72 bits per heavy atom. The van der Waals surface area contributed by atoms with Gasteiger partial charge in [-0.2, -0.15) is 0 Å². The van der Waals surface area contributed by atoms with Crippen LogP contribution in [-0.2, 0) is 17.8 Å². The first-order valence-corrected chi connectivity index (χ1v) is 10.5. The Kier molecular flexibility index (Phi) is 6.23. The molecule has 0 fully saturated rings.